The molecule has 116 valence electrons. The molecule has 2 N–H and O–H groups in total. The first kappa shape index (κ1) is 15.9. The number of rotatable bonds is 5. The molecule has 0 saturated heterocycles. The molecule has 0 aromatic heterocycles. The molecule has 4 heteroatoms. The summed E-state index contributed by atoms with van der Waals surface area (Å²) in [7, 11) is 1.59. The van der Waals surface area contributed by atoms with E-state index >= 15 is 0 Å². The molecule has 1 unspecified atom stereocenters. The van der Waals surface area contributed by atoms with Crippen LogP contribution in [0.2, 0.25) is 0 Å². The Morgan fingerprint density at radius 1 is 1.18 bits per heavy atom. The fourth-order valence-corrected chi connectivity index (χ4v) is 2.34. The third-order valence-corrected chi connectivity index (χ3v) is 3.52. The van der Waals surface area contributed by atoms with Crippen LogP contribution in [0.1, 0.15) is 30.5 Å². The molecule has 0 aliphatic carbocycles. The molecule has 0 aliphatic rings. The van der Waals surface area contributed by atoms with Gasteiger partial charge in [0, 0.05) is 0 Å². The summed E-state index contributed by atoms with van der Waals surface area (Å²) in [5.41, 5.74) is 2.82. The van der Waals surface area contributed by atoms with Crippen LogP contribution in [0, 0.1) is 6.92 Å². The fourth-order valence-electron chi connectivity index (χ4n) is 2.34. The fraction of sp³-hybridized carbons (Fsp3) is 0.278. The maximum atomic E-state index is 12.3. The lowest BCUT2D eigenvalue weighted by Crippen LogP contribution is -2.32. The number of anilines is 1. The number of methoxy groups -OCH3 is 1. The number of urea groups is 1. The van der Waals surface area contributed by atoms with Crippen LogP contribution in [0.3, 0.4) is 0 Å². The van der Waals surface area contributed by atoms with Gasteiger partial charge in [-0.2, -0.15) is 0 Å². The van der Waals surface area contributed by atoms with E-state index in [9.17, 15) is 4.79 Å². The average molecular weight is 298 g/mol. The van der Waals surface area contributed by atoms with Gasteiger partial charge in [0.25, 0.3) is 0 Å². The first-order valence-electron chi connectivity index (χ1n) is 7.41. The van der Waals surface area contributed by atoms with Gasteiger partial charge < -0.3 is 15.4 Å². The molecule has 1 atom stereocenters. The van der Waals surface area contributed by atoms with E-state index in [1.807, 2.05) is 62.4 Å². The van der Waals surface area contributed by atoms with Gasteiger partial charge in [-0.05, 0) is 36.6 Å². The minimum atomic E-state index is -0.236. The third-order valence-electron chi connectivity index (χ3n) is 3.52. The van der Waals surface area contributed by atoms with Gasteiger partial charge in [-0.25, -0.2) is 4.79 Å². The van der Waals surface area contributed by atoms with Gasteiger partial charge >= 0.3 is 6.03 Å². The Morgan fingerprint density at radius 3 is 2.55 bits per heavy atom. The van der Waals surface area contributed by atoms with Crippen LogP contribution in [-0.4, -0.2) is 13.1 Å². The molecule has 0 saturated carbocycles. The van der Waals surface area contributed by atoms with Gasteiger partial charge in [-0.1, -0.05) is 43.3 Å². The Balaban J connectivity index is 2.08. The Morgan fingerprint density at radius 2 is 1.91 bits per heavy atom. The normalized spacial score (nSPS) is 11.6. The number of amides is 2. The maximum absolute atomic E-state index is 12.3. The quantitative estimate of drug-likeness (QED) is 0.865. The number of carbonyl (C=O) groups is 1. The molecule has 22 heavy (non-hydrogen) atoms. The van der Waals surface area contributed by atoms with Crippen molar-refractivity contribution in [1.29, 1.82) is 0 Å². The number of benzene rings is 2. The van der Waals surface area contributed by atoms with Gasteiger partial charge in [0.1, 0.15) is 5.75 Å². The minimum Gasteiger partial charge on any atom is -0.495 e. The molecule has 2 aromatic rings. The summed E-state index contributed by atoms with van der Waals surface area (Å²) in [6.07, 6.45) is 0.822. The minimum absolute atomic E-state index is 0.0167. The Kier molecular flexibility index (Phi) is 5.42. The standard InChI is InChI=1S/C18H22N2O2/c1-4-15(14-8-6-5-7-9-14)19-18(21)20-16-12-13(2)10-11-17(16)22-3/h5-12,15H,4H2,1-3H3,(H2,19,20,21). The molecule has 4 nitrogen and oxygen atoms in total. The molecular weight excluding hydrogens is 276 g/mol. The van der Waals surface area contributed by atoms with Crippen molar-refractivity contribution in [2.75, 3.05) is 12.4 Å². The highest BCUT2D eigenvalue weighted by Gasteiger charge is 2.13. The summed E-state index contributed by atoms with van der Waals surface area (Å²) in [5, 5.41) is 5.86. The second-order valence-electron chi connectivity index (χ2n) is 5.17. The van der Waals surface area contributed by atoms with E-state index in [-0.39, 0.29) is 12.1 Å². The number of carbonyl (C=O) groups excluding carboxylic acids is 1. The predicted octanol–water partition coefficient (Wildman–Crippen LogP) is 4.28. The van der Waals surface area contributed by atoms with Crippen molar-refractivity contribution in [3.05, 3.63) is 59.7 Å². The summed E-state index contributed by atoms with van der Waals surface area (Å²) in [4.78, 5) is 12.3. The largest absolute Gasteiger partial charge is 0.495 e. The maximum Gasteiger partial charge on any atom is 0.319 e. The average Bonchev–Trinajstić information content (AvgIpc) is 2.53. The molecule has 0 aliphatic heterocycles. The zero-order chi connectivity index (χ0) is 15.9. The number of ether oxygens (including phenoxy) is 1. The van der Waals surface area contributed by atoms with Gasteiger partial charge in [0.05, 0.1) is 18.8 Å². The number of aryl methyl sites for hydroxylation is 1. The first-order valence-corrected chi connectivity index (χ1v) is 7.41. The highest BCUT2D eigenvalue weighted by molar-refractivity contribution is 5.91. The number of hydrogen-bond acceptors (Lipinski definition) is 2. The van der Waals surface area contributed by atoms with E-state index in [1.165, 1.54) is 0 Å². The third kappa shape index (κ3) is 4.01. The summed E-state index contributed by atoms with van der Waals surface area (Å²) >= 11 is 0. The van der Waals surface area contributed by atoms with Crippen LogP contribution in [0.4, 0.5) is 10.5 Å². The lowest BCUT2D eigenvalue weighted by molar-refractivity contribution is 0.248. The number of nitrogens with one attached hydrogen (secondary N) is 2. The molecule has 0 bridgehead atoms. The van der Waals surface area contributed by atoms with Crippen LogP contribution < -0.4 is 15.4 Å². The topological polar surface area (TPSA) is 50.4 Å². The van der Waals surface area contributed by atoms with E-state index in [0.717, 1.165) is 17.5 Å². The number of hydrogen-bond donors (Lipinski definition) is 2. The van der Waals surface area contributed by atoms with Crippen molar-refractivity contribution >= 4 is 11.7 Å². The van der Waals surface area contributed by atoms with E-state index in [1.54, 1.807) is 7.11 Å². The summed E-state index contributed by atoms with van der Waals surface area (Å²) < 4.78 is 5.27. The van der Waals surface area contributed by atoms with Gasteiger partial charge in [-0.3, -0.25) is 0 Å². The van der Waals surface area contributed by atoms with Gasteiger partial charge in [-0.15, -0.1) is 0 Å². The summed E-state index contributed by atoms with van der Waals surface area (Å²) in [5.74, 6) is 0.647. The van der Waals surface area contributed by atoms with Crippen LogP contribution in [0.15, 0.2) is 48.5 Å². The summed E-state index contributed by atoms with van der Waals surface area (Å²) in [6.45, 7) is 4.02. The van der Waals surface area contributed by atoms with E-state index in [0.29, 0.717) is 11.4 Å². The Hall–Kier alpha value is -2.49. The SMILES string of the molecule is CCC(NC(=O)Nc1cc(C)ccc1OC)c1ccccc1. The Labute approximate surface area is 131 Å². The molecule has 2 amide bonds. The van der Waals surface area contributed by atoms with E-state index in [4.69, 9.17) is 4.74 Å². The second kappa shape index (κ2) is 7.50. The van der Waals surface area contributed by atoms with Crippen molar-refractivity contribution in [2.24, 2.45) is 0 Å². The lowest BCUT2D eigenvalue weighted by atomic mass is 10.1. The zero-order valence-corrected chi connectivity index (χ0v) is 13.2. The van der Waals surface area contributed by atoms with Crippen molar-refractivity contribution in [3.8, 4) is 5.75 Å². The van der Waals surface area contributed by atoms with E-state index < -0.39 is 0 Å². The smallest absolute Gasteiger partial charge is 0.319 e. The molecule has 0 spiro atoms. The lowest BCUT2D eigenvalue weighted by Gasteiger charge is -2.18. The highest BCUT2D eigenvalue weighted by atomic mass is 16.5. The van der Waals surface area contributed by atoms with Crippen molar-refractivity contribution in [3.63, 3.8) is 0 Å². The molecule has 2 rings (SSSR count). The molecular formula is C18H22N2O2. The van der Waals surface area contributed by atoms with Crippen LogP contribution in [-0.2, 0) is 0 Å². The first-order chi connectivity index (χ1) is 10.6. The van der Waals surface area contributed by atoms with Crippen molar-refractivity contribution in [1.82, 2.24) is 5.32 Å². The Bertz CT molecular complexity index is 626. The van der Waals surface area contributed by atoms with Crippen molar-refractivity contribution in [2.45, 2.75) is 26.3 Å². The van der Waals surface area contributed by atoms with Crippen LogP contribution >= 0.6 is 0 Å². The highest BCUT2D eigenvalue weighted by Crippen LogP contribution is 2.25. The molecule has 0 fully saturated rings. The monoisotopic (exact) mass is 298 g/mol. The van der Waals surface area contributed by atoms with Gasteiger partial charge in [0.2, 0.25) is 0 Å². The molecule has 2 aromatic carbocycles. The van der Waals surface area contributed by atoms with Crippen molar-refractivity contribution < 1.29 is 9.53 Å². The molecule has 0 radical (unpaired) electrons. The predicted molar refractivity (Wildman–Crippen MR) is 89.4 cm³/mol. The van der Waals surface area contributed by atoms with E-state index in [2.05, 4.69) is 10.6 Å². The van der Waals surface area contributed by atoms with Crippen LogP contribution in [0.5, 0.6) is 5.75 Å². The van der Waals surface area contributed by atoms with Gasteiger partial charge in [0.15, 0.2) is 0 Å². The summed E-state index contributed by atoms with van der Waals surface area (Å²) in [6, 6.07) is 15.4. The molecule has 0 heterocycles. The second-order valence-corrected chi connectivity index (χ2v) is 5.17. The zero-order valence-electron chi connectivity index (χ0n) is 13.2. The van der Waals surface area contributed by atoms with Crippen LogP contribution in [0.25, 0.3) is 0 Å².